The van der Waals surface area contributed by atoms with Crippen LogP contribution in [-0.4, -0.2) is 32.4 Å². The third-order valence-corrected chi connectivity index (χ3v) is 3.18. The number of hydrogen-bond donors (Lipinski definition) is 1. The van der Waals surface area contributed by atoms with E-state index in [1.54, 1.807) is 7.11 Å². The highest BCUT2D eigenvalue weighted by atomic mass is 35.5. The second kappa shape index (κ2) is 6.72. The Morgan fingerprint density at radius 1 is 1.35 bits per heavy atom. The first-order valence-electron chi connectivity index (χ1n) is 5.76. The maximum atomic E-state index is 8.77. The molecule has 0 amide bonds. The van der Waals surface area contributed by atoms with E-state index in [1.807, 2.05) is 26.1 Å². The number of ether oxygens (including phenoxy) is 1. The fraction of sp³-hybridized carbons (Fsp3) is 0.538. The number of aliphatic hydroxyl groups excluding tert-OH is 1. The van der Waals surface area contributed by atoms with Crippen molar-refractivity contribution in [3.63, 3.8) is 0 Å². The Balaban J connectivity index is 2.84. The quantitative estimate of drug-likeness (QED) is 0.796. The summed E-state index contributed by atoms with van der Waals surface area (Å²) in [6.07, 6.45) is 1.76. The molecule has 0 unspecified atom stereocenters. The molecule has 0 fully saturated rings. The Labute approximate surface area is 108 Å². The standard InChI is InChI=1S/C13H20ClNO2/c1-10-8-13(17-3)12(9-11(10)14)15(2)6-4-5-7-16/h8-9,16H,4-7H2,1-3H3. The van der Waals surface area contributed by atoms with Gasteiger partial charge in [0.25, 0.3) is 0 Å². The van der Waals surface area contributed by atoms with E-state index in [0.29, 0.717) is 0 Å². The van der Waals surface area contributed by atoms with Gasteiger partial charge in [0.15, 0.2) is 0 Å². The summed E-state index contributed by atoms with van der Waals surface area (Å²) in [5.41, 5.74) is 2.00. The highest BCUT2D eigenvalue weighted by molar-refractivity contribution is 6.31. The number of methoxy groups -OCH3 is 1. The summed E-state index contributed by atoms with van der Waals surface area (Å²) in [6.45, 7) is 3.07. The number of halogens is 1. The molecule has 0 atom stereocenters. The molecule has 0 saturated carbocycles. The smallest absolute Gasteiger partial charge is 0.142 e. The molecule has 0 aliphatic rings. The van der Waals surface area contributed by atoms with Crippen LogP contribution >= 0.6 is 11.6 Å². The first kappa shape index (κ1) is 14.1. The normalized spacial score (nSPS) is 10.4. The summed E-state index contributed by atoms with van der Waals surface area (Å²) >= 11 is 6.13. The first-order valence-corrected chi connectivity index (χ1v) is 6.14. The van der Waals surface area contributed by atoms with Crippen LogP contribution in [-0.2, 0) is 0 Å². The molecule has 0 aliphatic heterocycles. The SMILES string of the molecule is COc1cc(C)c(Cl)cc1N(C)CCCCO. The average molecular weight is 258 g/mol. The van der Waals surface area contributed by atoms with E-state index >= 15 is 0 Å². The maximum Gasteiger partial charge on any atom is 0.142 e. The Morgan fingerprint density at radius 2 is 2.06 bits per heavy atom. The highest BCUT2D eigenvalue weighted by Gasteiger charge is 2.10. The van der Waals surface area contributed by atoms with Gasteiger partial charge in [-0.25, -0.2) is 0 Å². The molecule has 0 bridgehead atoms. The van der Waals surface area contributed by atoms with Crippen molar-refractivity contribution < 1.29 is 9.84 Å². The van der Waals surface area contributed by atoms with Gasteiger partial charge in [0.1, 0.15) is 5.75 Å². The number of rotatable bonds is 6. The summed E-state index contributed by atoms with van der Waals surface area (Å²) in [7, 11) is 3.66. The monoisotopic (exact) mass is 257 g/mol. The van der Waals surface area contributed by atoms with Gasteiger partial charge in [-0.2, -0.15) is 0 Å². The van der Waals surface area contributed by atoms with Gasteiger partial charge in [-0.15, -0.1) is 0 Å². The molecule has 96 valence electrons. The molecule has 1 aromatic rings. The van der Waals surface area contributed by atoms with Crippen molar-refractivity contribution in [2.45, 2.75) is 19.8 Å². The van der Waals surface area contributed by atoms with Gasteiger partial charge in [0.2, 0.25) is 0 Å². The van der Waals surface area contributed by atoms with E-state index in [4.69, 9.17) is 21.4 Å². The summed E-state index contributed by atoms with van der Waals surface area (Å²) in [6, 6.07) is 3.87. The van der Waals surface area contributed by atoms with Gasteiger partial charge in [-0.3, -0.25) is 0 Å². The molecule has 1 N–H and O–H groups in total. The van der Waals surface area contributed by atoms with Crippen molar-refractivity contribution in [2.75, 3.05) is 32.2 Å². The summed E-state index contributed by atoms with van der Waals surface area (Å²) in [5.74, 6) is 0.832. The van der Waals surface area contributed by atoms with Crippen LogP contribution in [0.25, 0.3) is 0 Å². The Bertz CT molecular complexity index is 369. The van der Waals surface area contributed by atoms with E-state index in [1.165, 1.54) is 0 Å². The number of nitrogens with zero attached hydrogens (tertiary/aromatic N) is 1. The minimum Gasteiger partial charge on any atom is -0.495 e. The van der Waals surface area contributed by atoms with Crippen molar-refractivity contribution in [1.29, 1.82) is 0 Å². The van der Waals surface area contributed by atoms with Gasteiger partial charge in [-0.05, 0) is 37.5 Å². The molecule has 3 nitrogen and oxygen atoms in total. The fourth-order valence-electron chi connectivity index (χ4n) is 1.69. The molecule has 17 heavy (non-hydrogen) atoms. The summed E-state index contributed by atoms with van der Waals surface area (Å²) < 4.78 is 5.36. The van der Waals surface area contributed by atoms with Crippen LogP contribution in [0.4, 0.5) is 5.69 Å². The Morgan fingerprint density at radius 3 is 2.65 bits per heavy atom. The summed E-state index contributed by atoms with van der Waals surface area (Å²) in [4.78, 5) is 2.10. The zero-order chi connectivity index (χ0) is 12.8. The van der Waals surface area contributed by atoms with Crippen molar-refractivity contribution in [3.05, 3.63) is 22.7 Å². The zero-order valence-electron chi connectivity index (χ0n) is 10.7. The lowest BCUT2D eigenvalue weighted by Crippen LogP contribution is -2.19. The minimum absolute atomic E-state index is 0.236. The van der Waals surface area contributed by atoms with Crippen LogP contribution < -0.4 is 9.64 Å². The molecule has 0 saturated heterocycles. The molecule has 0 heterocycles. The van der Waals surface area contributed by atoms with Gasteiger partial charge in [0.05, 0.1) is 12.8 Å². The van der Waals surface area contributed by atoms with E-state index < -0.39 is 0 Å². The second-order valence-electron chi connectivity index (χ2n) is 4.13. The van der Waals surface area contributed by atoms with Crippen LogP contribution in [0.15, 0.2) is 12.1 Å². The van der Waals surface area contributed by atoms with Crippen molar-refractivity contribution in [1.82, 2.24) is 0 Å². The topological polar surface area (TPSA) is 32.7 Å². The largest absolute Gasteiger partial charge is 0.495 e. The lowest BCUT2D eigenvalue weighted by atomic mass is 10.2. The molecule has 0 aromatic heterocycles. The summed E-state index contributed by atoms with van der Waals surface area (Å²) in [5, 5.41) is 9.51. The molecular formula is C13H20ClNO2. The lowest BCUT2D eigenvalue weighted by Gasteiger charge is -2.22. The fourth-order valence-corrected chi connectivity index (χ4v) is 1.85. The van der Waals surface area contributed by atoms with E-state index in [0.717, 1.165) is 41.4 Å². The number of unbranched alkanes of at least 4 members (excludes halogenated alkanes) is 1. The Hall–Kier alpha value is -0.930. The van der Waals surface area contributed by atoms with Crippen LogP contribution in [0.3, 0.4) is 0 Å². The van der Waals surface area contributed by atoms with Crippen molar-refractivity contribution in [2.24, 2.45) is 0 Å². The van der Waals surface area contributed by atoms with Crippen LogP contribution in [0, 0.1) is 6.92 Å². The number of aryl methyl sites for hydroxylation is 1. The van der Waals surface area contributed by atoms with Gasteiger partial charge >= 0.3 is 0 Å². The number of aliphatic hydroxyl groups is 1. The molecule has 4 heteroatoms. The van der Waals surface area contributed by atoms with E-state index in [-0.39, 0.29) is 6.61 Å². The third-order valence-electron chi connectivity index (χ3n) is 2.77. The number of benzene rings is 1. The molecule has 0 radical (unpaired) electrons. The van der Waals surface area contributed by atoms with Crippen molar-refractivity contribution in [3.8, 4) is 5.75 Å². The van der Waals surface area contributed by atoms with Gasteiger partial charge in [0, 0.05) is 25.2 Å². The van der Waals surface area contributed by atoms with Gasteiger partial charge in [-0.1, -0.05) is 11.6 Å². The molecule has 0 aliphatic carbocycles. The third kappa shape index (κ3) is 3.79. The van der Waals surface area contributed by atoms with Crippen LogP contribution in [0.5, 0.6) is 5.75 Å². The van der Waals surface area contributed by atoms with Crippen LogP contribution in [0.1, 0.15) is 18.4 Å². The molecule has 1 aromatic carbocycles. The predicted octanol–water partition coefficient (Wildman–Crippen LogP) is 2.87. The minimum atomic E-state index is 0.236. The number of hydrogen-bond acceptors (Lipinski definition) is 3. The lowest BCUT2D eigenvalue weighted by molar-refractivity contribution is 0.285. The molecular weight excluding hydrogens is 238 g/mol. The maximum absolute atomic E-state index is 8.77. The van der Waals surface area contributed by atoms with Crippen molar-refractivity contribution >= 4 is 17.3 Å². The highest BCUT2D eigenvalue weighted by Crippen LogP contribution is 2.33. The number of anilines is 1. The second-order valence-corrected chi connectivity index (χ2v) is 4.53. The molecule has 0 spiro atoms. The molecule has 1 rings (SSSR count). The van der Waals surface area contributed by atoms with Gasteiger partial charge < -0.3 is 14.7 Å². The van der Waals surface area contributed by atoms with E-state index in [2.05, 4.69) is 4.90 Å². The van der Waals surface area contributed by atoms with Crippen LogP contribution in [0.2, 0.25) is 5.02 Å². The predicted molar refractivity (Wildman–Crippen MR) is 72.3 cm³/mol. The Kier molecular flexibility index (Phi) is 5.59. The first-order chi connectivity index (χ1) is 8.10. The average Bonchev–Trinajstić information content (AvgIpc) is 2.32. The van der Waals surface area contributed by atoms with E-state index in [9.17, 15) is 0 Å². The zero-order valence-corrected chi connectivity index (χ0v) is 11.4.